The molecule has 0 saturated carbocycles. The number of hydrogen-bond donors (Lipinski definition) is 2. The molecule has 10 heteroatoms. The quantitative estimate of drug-likeness (QED) is 0.536. The van der Waals surface area contributed by atoms with Gasteiger partial charge in [0.25, 0.3) is 0 Å². The summed E-state index contributed by atoms with van der Waals surface area (Å²) < 4.78 is 10.9. The van der Waals surface area contributed by atoms with Crippen LogP contribution in [-0.4, -0.2) is 39.8 Å². The van der Waals surface area contributed by atoms with Gasteiger partial charge in [-0.3, -0.25) is 10.1 Å². The number of benzene rings is 1. The second kappa shape index (κ2) is 8.15. The van der Waals surface area contributed by atoms with E-state index in [1.165, 1.54) is 25.1 Å². The molecule has 0 aliphatic rings. The van der Waals surface area contributed by atoms with E-state index >= 15 is 0 Å². The van der Waals surface area contributed by atoms with E-state index in [0.29, 0.717) is 4.47 Å². The third-order valence-corrected chi connectivity index (χ3v) is 3.33. The van der Waals surface area contributed by atoms with Crippen molar-refractivity contribution in [2.75, 3.05) is 0 Å². The predicted molar refractivity (Wildman–Crippen MR) is 91.7 cm³/mol. The van der Waals surface area contributed by atoms with Crippen LogP contribution in [0.3, 0.4) is 0 Å². The maximum Gasteiger partial charge on any atom is 0.408 e. The van der Waals surface area contributed by atoms with Gasteiger partial charge < -0.3 is 19.9 Å². The molecular weight excluding hydrogens is 400 g/mol. The highest BCUT2D eigenvalue weighted by atomic mass is 79.9. The second-order valence-electron chi connectivity index (χ2n) is 6.15. The first-order valence-electron chi connectivity index (χ1n) is 7.23. The summed E-state index contributed by atoms with van der Waals surface area (Å²) in [7, 11) is 0. The van der Waals surface area contributed by atoms with Crippen LogP contribution in [0.15, 0.2) is 22.7 Å². The molecule has 0 spiro atoms. The molecule has 1 amide bonds. The van der Waals surface area contributed by atoms with Gasteiger partial charge in [0.15, 0.2) is 11.8 Å². The van der Waals surface area contributed by atoms with Crippen molar-refractivity contribution >= 4 is 33.7 Å². The number of amides is 1. The van der Waals surface area contributed by atoms with E-state index in [4.69, 9.17) is 9.47 Å². The van der Waals surface area contributed by atoms with Gasteiger partial charge >= 0.3 is 17.7 Å². The van der Waals surface area contributed by atoms with Crippen molar-refractivity contribution in [2.24, 2.45) is 0 Å². The average Bonchev–Trinajstić information content (AvgIpc) is 2.44. The lowest BCUT2D eigenvalue weighted by molar-refractivity contribution is -0.386. The van der Waals surface area contributed by atoms with E-state index in [1.54, 1.807) is 20.8 Å². The summed E-state index contributed by atoms with van der Waals surface area (Å²) in [5.74, 6) is -1.48. The Labute approximate surface area is 152 Å². The molecule has 0 saturated heterocycles. The molecule has 2 unspecified atom stereocenters. The van der Waals surface area contributed by atoms with Crippen LogP contribution in [-0.2, 0) is 9.53 Å². The highest BCUT2D eigenvalue weighted by molar-refractivity contribution is 9.10. The number of carboxylic acids is 1. The molecule has 0 aromatic heterocycles. The first kappa shape index (κ1) is 20.7. The first-order valence-corrected chi connectivity index (χ1v) is 8.03. The van der Waals surface area contributed by atoms with Gasteiger partial charge in [-0.15, -0.1) is 0 Å². The Balaban J connectivity index is 2.95. The van der Waals surface area contributed by atoms with Gasteiger partial charge in [-0.2, -0.15) is 0 Å². The van der Waals surface area contributed by atoms with Crippen molar-refractivity contribution in [1.29, 1.82) is 0 Å². The van der Waals surface area contributed by atoms with Crippen molar-refractivity contribution in [3.63, 3.8) is 0 Å². The topological polar surface area (TPSA) is 128 Å². The highest BCUT2D eigenvalue weighted by Gasteiger charge is 2.31. The number of carboxylic acid groups (broad SMARTS) is 1. The lowest BCUT2D eigenvalue weighted by Gasteiger charge is -2.25. The Morgan fingerprint density at radius 2 is 1.96 bits per heavy atom. The molecular formula is C15H19BrN2O7. The number of nitro groups is 1. The SMILES string of the molecule is CC(Oc1ccc(Br)cc1[N+](=O)[O-])C(NC(=O)OC(C)(C)C)C(=O)O. The standard InChI is InChI=1S/C15H19BrN2O7/c1-8(12(13(19)20)17-14(21)25-15(2,3)4)24-11-6-5-9(16)7-10(11)18(22)23/h5-8,12H,1-4H3,(H,17,21)(H,19,20). The molecule has 1 aromatic carbocycles. The third-order valence-electron chi connectivity index (χ3n) is 2.84. The molecule has 2 atom stereocenters. The number of carbonyl (C=O) groups is 2. The monoisotopic (exact) mass is 418 g/mol. The first-order chi connectivity index (χ1) is 11.4. The summed E-state index contributed by atoms with van der Waals surface area (Å²) in [6.45, 7) is 6.27. The number of aliphatic carboxylic acids is 1. The Morgan fingerprint density at radius 1 is 1.36 bits per heavy atom. The highest BCUT2D eigenvalue weighted by Crippen LogP contribution is 2.31. The maximum atomic E-state index is 11.8. The molecule has 25 heavy (non-hydrogen) atoms. The molecule has 1 aromatic rings. The van der Waals surface area contributed by atoms with Crippen LogP contribution in [0.5, 0.6) is 5.75 Å². The zero-order valence-corrected chi connectivity index (χ0v) is 15.7. The van der Waals surface area contributed by atoms with E-state index in [9.17, 15) is 24.8 Å². The molecule has 0 radical (unpaired) electrons. The molecule has 2 N–H and O–H groups in total. The zero-order valence-electron chi connectivity index (χ0n) is 14.1. The maximum absolute atomic E-state index is 11.8. The number of halogens is 1. The molecule has 138 valence electrons. The Hall–Kier alpha value is -2.36. The molecule has 0 aliphatic heterocycles. The largest absolute Gasteiger partial charge is 0.481 e. The summed E-state index contributed by atoms with van der Waals surface area (Å²) in [4.78, 5) is 33.6. The molecule has 0 fully saturated rings. The summed E-state index contributed by atoms with van der Waals surface area (Å²) in [5, 5.41) is 22.6. The van der Waals surface area contributed by atoms with Gasteiger partial charge in [0, 0.05) is 10.5 Å². The predicted octanol–water partition coefficient (Wildman–Crippen LogP) is 3.10. The number of nitrogens with zero attached hydrogens (tertiary/aromatic N) is 1. The van der Waals surface area contributed by atoms with Gasteiger partial charge in [-0.05, 0) is 39.8 Å². The van der Waals surface area contributed by atoms with Gasteiger partial charge in [-0.1, -0.05) is 15.9 Å². The number of nitrogens with one attached hydrogen (secondary N) is 1. The van der Waals surface area contributed by atoms with Crippen LogP contribution in [0, 0.1) is 10.1 Å². The summed E-state index contributed by atoms with van der Waals surface area (Å²) in [5.41, 5.74) is -1.13. The van der Waals surface area contributed by atoms with E-state index < -0.39 is 34.7 Å². The van der Waals surface area contributed by atoms with E-state index in [1.807, 2.05) is 0 Å². The third kappa shape index (κ3) is 6.57. The summed E-state index contributed by atoms with van der Waals surface area (Å²) in [6, 6.07) is 2.63. The summed E-state index contributed by atoms with van der Waals surface area (Å²) in [6.07, 6.45) is -2.02. The number of nitro benzene ring substituents is 1. The fraction of sp³-hybridized carbons (Fsp3) is 0.467. The van der Waals surface area contributed by atoms with Gasteiger partial charge in [0.2, 0.25) is 0 Å². The molecule has 0 aliphatic carbocycles. The Bertz CT molecular complexity index is 672. The van der Waals surface area contributed by atoms with Crippen LogP contribution in [0.1, 0.15) is 27.7 Å². The van der Waals surface area contributed by atoms with Crippen molar-refractivity contribution in [1.82, 2.24) is 5.32 Å². The molecule has 0 heterocycles. The van der Waals surface area contributed by atoms with Gasteiger partial charge in [0.1, 0.15) is 11.7 Å². The lowest BCUT2D eigenvalue weighted by atomic mass is 10.1. The van der Waals surface area contributed by atoms with Gasteiger partial charge in [-0.25, -0.2) is 9.59 Å². The van der Waals surface area contributed by atoms with E-state index in [0.717, 1.165) is 0 Å². The van der Waals surface area contributed by atoms with Crippen LogP contribution >= 0.6 is 15.9 Å². The van der Waals surface area contributed by atoms with E-state index in [-0.39, 0.29) is 11.4 Å². The number of hydrogen-bond acceptors (Lipinski definition) is 6. The van der Waals surface area contributed by atoms with E-state index in [2.05, 4.69) is 21.2 Å². The second-order valence-corrected chi connectivity index (χ2v) is 7.07. The fourth-order valence-electron chi connectivity index (χ4n) is 1.82. The van der Waals surface area contributed by atoms with Crippen LogP contribution in [0.25, 0.3) is 0 Å². The molecule has 9 nitrogen and oxygen atoms in total. The van der Waals surface area contributed by atoms with Crippen molar-refractivity contribution in [3.8, 4) is 5.75 Å². The number of rotatable bonds is 6. The van der Waals surface area contributed by atoms with Crippen LogP contribution < -0.4 is 10.1 Å². The Morgan fingerprint density at radius 3 is 2.44 bits per heavy atom. The van der Waals surface area contributed by atoms with Crippen molar-refractivity contribution < 1.29 is 29.1 Å². The number of carbonyl (C=O) groups excluding carboxylic acids is 1. The molecule has 1 rings (SSSR count). The molecule has 0 bridgehead atoms. The minimum absolute atomic E-state index is 0.113. The Kier molecular flexibility index (Phi) is 6.74. The summed E-state index contributed by atoms with van der Waals surface area (Å²) >= 11 is 3.12. The zero-order chi connectivity index (χ0) is 19.4. The minimum atomic E-state index is -1.46. The number of alkyl carbamates (subject to hydrolysis) is 1. The van der Waals surface area contributed by atoms with Crippen LogP contribution in [0.2, 0.25) is 0 Å². The van der Waals surface area contributed by atoms with Crippen molar-refractivity contribution in [3.05, 3.63) is 32.8 Å². The van der Waals surface area contributed by atoms with Crippen molar-refractivity contribution in [2.45, 2.75) is 45.4 Å². The van der Waals surface area contributed by atoms with Crippen LogP contribution in [0.4, 0.5) is 10.5 Å². The average molecular weight is 419 g/mol. The fourth-order valence-corrected chi connectivity index (χ4v) is 2.16. The van der Waals surface area contributed by atoms with Gasteiger partial charge in [0.05, 0.1) is 4.92 Å². The minimum Gasteiger partial charge on any atom is -0.481 e. The smallest absolute Gasteiger partial charge is 0.408 e. The normalized spacial score (nSPS) is 13.5. The lowest BCUT2D eigenvalue weighted by Crippen LogP contribution is -2.51. The number of ether oxygens (including phenoxy) is 2.